The average molecular weight is 459 g/mol. The molecule has 34 heavy (non-hydrogen) atoms. The van der Waals surface area contributed by atoms with Crippen molar-refractivity contribution in [3.05, 3.63) is 60.2 Å². The van der Waals surface area contributed by atoms with E-state index < -0.39 is 0 Å². The Labute approximate surface area is 201 Å². The summed E-state index contributed by atoms with van der Waals surface area (Å²) < 4.78 is 5.28. The third kappa shape index (κ3) is 4.67. The highest BCUT2D eigenvalue weighted by Crippen LogP contribution is 2.28. The lowest BCUT2D eigenvalue weighted by atomic mass is 9.86. The van der Waals surface area contributed by atoms with Gasteiger partial charge in [-0.15, -0.1) is 0 Å². The van der Waals surface area contributed by atoms with Crippen LogP contribution < -0.4 is 19.9 Å². The minimum absolute atomic E-state index is 0.0236. The van der Waals surface area contributed by atoms with E-state index in [-0.39, 0.29) is 11.9 Å². The van der Waals surface area contributed by atoms with Crippen LogP contribution in [0.5, 0.6) is 5.75 Å². The molecule has 2 aliphatic rings. The van der Waals surface area contributed by atoms with Gasteiger partial charge >= 0.3 is 0 Å². The minimum atomic E-state index is 0.0236. The molecule has 2 fully saturated rings. The molecule has 1 saturated carbocycles. The second-order valence-corrected chi connectivity index (χ2v) is 9.56. The van der Waals surface area contributed by atoms with Crippen molar-refractivity contribution in [2.75, 3.05) is 43.1 Å². The molecule has 2 atom stereocenters. The highest BCUT2D eigenvalue weighted by Gasteiger charge is 2.25. The molecule has 6 nitrogen and oxygen atoms in total. The van der Waals surface area contributed by atoms with Crippen LogP contribution in [0.25, 0.3) is 10.9 Å². The van der Waals surface area contributed by atoms with Crippen molar-refractivity contribution < 1.29 is 9.53 Å². The van der Waals surface area contributed by atoms with Gasteiger partial charge in [0.05, 0.1) is 18.2 Å². The number of carbonyl (C=O) groups is 1. The average Bonchev–Trinajstić information content (AvgIpc) is 2.89. The van der Waals surface area contributed by atoms with Crippen LogP contribution in [0.2, 0.25) is 0 Å². The molecular formula is C28H34N4O2. The van der Waals surface area contributed by atoms with Crippen molar-refractivity contribution in [3.63, 3.8) is 0 Å². The molecule has 1 aromatic heterocycles. The summed E-state index contributed by atoms with van der Waals surface area (Å²) in [6, 6.07) is 18.5. The Kier molecular flexibility index (Phi) is 6.57. The summed E-state index contributed by atoms with van der Waals surface area (Å²) in [6.45, 7) is 5.78. The van der Waals surface area contributed by atoms with Gasteiger partial charge < -0.3 is 19.9 Å². The number of piperazine rings is 1. The fourth-order valence-electron chi connectivity index (χ4n) is 5.27. The summed E-state index contributed by atoms with van der Waals surface area (Å²) in [6.07, 6.45) is 4.70. The zero-order valence-corrected chi connectivity index (χ0v) is 20.2. The summed E-state index contributed by atoms with van der Waals surface area (Å²) in [7, 11) is 1.69. The molecular weight excluding hydrogens is 424 g/mol. The number of nitrogens with one attached hydrogen (secondary N) is 1. The summed E-state index contributed by atoms with van der Waals surface area (Å²) in [5.41, 5.74) is 2.81. The van der Waals surface area contributed by atoms with Gasteiger partial charge in [0.1, 0.15) is 11.6 Å². The molecule has 0 spiro atoms. The van der Waals surface area contributed by atoms with Gasteiger partial charge in [0, 0.05) is 43.3 Å². The maximum absolute atomic E-state index is 13.4. The number of ether oxygens (including phenoxy) is 1. The first-order valence-electron chi connectivity index (χ1n) is 12.5. The van der Waals surface area contributed by atoms with Gasteiger partial charge in [-0.1, -0.05) is 38.0 Å². The van der Waals surface area contributed by atoms with Crippen molar-refractivity contribution in [2.24, 2.45) is 5.92 Å². The van der Waals surface area contributed by atoms with E-state index in [1.54, 1.807) is 7.11 Å². The summed E-state index contributed by atoms with van der Waals surface area (Å²) >= 11 is 0. The molecule has 1 N–H and O–H groups in total. The number of hydrogen-bond acceptors (Lipinski definition) is 5. The fourth-order valence-corrected chi connectivity index (χ4v) is 5.27. The number of aromatic nitrogens is 1. The predicted molar refractivity (Wildman–Crippen MR) is 138 cm³/mol. The maximum Gasteiger partial charge on any atom is 0.252 e. The Morgan fingerprint density at radius 3 is 2.41 bits per heavy atom. The second kappa shape index (κ2) is 9.92. The first-order valence-corrected chi connectivity index (χ1v) is 12.5. The highest BCUT2D eigenvalue weighted by atomic mass is 16.5. The van der Waals surface area contributed by atoms with Crippen LogP contribution in [0, 0.1) is 5.92 Å². The Hall–Kier alpha value is -3.28. The van der Waals surface area contributed by atoms with Crippen molar-refractivity contribution >= 4 is 28.3 Å². The highest BCUT2D eigenvalue weighted by molar-refractivity contribution is 6.07. The Balaban J connectivity index is 1.35. The first-order chi connectivity index (χ1) is 16.6. The number of anilines is 2. The summed E-state index contributed by atoms with van der Waals surface area (Å²) in [5, 5.41) is 4.26. The monoisotopic (exact) mass is 458 g/mol. The van der Waals surface area contributed by atoms with Crippen molar-refractivity contribution in [2.45, 2.75) is 38.6 Å². The van der Waals surface area contributed by atoms with Gasteiger partial charge in [0.25, 0.3) is 5.91 Å². The van der Waals surface area contributed by atoms with Crippen LogP contribution in [0.15, 0.2) is 54.6 Å². The number of methoxy groups -OCH3 is 1. The zero-order chi connectivity index (χ0) is 23.5. The van der Waals surface area contributed by atoms with E-state index in [1.165, 1.54) is 24.9 Å². The number of para-hydroxylation sites is 1. The van der Waals surface area contributed by atoms with Gasteiger partial charge in [-0.3, -0.25) is 4.79 Å². The molecule has 1 aliphatic carbocycles. The lowest BCUT2D eigenvalue weighted by Gasteiger charge is -2.37. The van der Waals surface area contributed by atoms with Crippen LogP contribution in [0.1, 0.15) is 43.0 Å². The molecule has 2 unspecified atom stereocenters. The molecule has 1 saturated heterocycles. The van der Waals surface area contributed by atoms with Crippen molar-refractivity contribution in [3.8, 4) is 5.75 Å². The van der Waals surface area contributed by atoms with Crippen LogP contribution in [-0.4, -0.2) is 50.2 Å². The Morgan fingerprint density at radius 2 is 1.68 bits per heavy atom. The summed E-state index contributed by atoms with van der Waals surface area (Å²) in [5.74, 6) is 2.30. The molecule has 5 rings (SSSR count). The van der Waals surface area contributed by atoms with Crippen LogP contribution >= 0.6 is 0 Å². The van der Waals surface area contributed by atoms with E-state index in [0.29, 0.717) is 5.92 Å². The van der Waals surface area contributed by atoms with Gasteiger partial charge in [-0.25, -0.2) is 4.98 Å². The molecule has 2 heterocycles. The van der Waals surface area contributed by atoms with Crippen LogP contribution in [0.3, 0.4) is 0 Å². The fraction of sp³-hybridized carbons (Fsp3) is 0.429. The van der Waals surface area contributed by atoms with Gasteiger partial charge in [0.2, 0.25) is 0 Å². The number of hydrogen-bond donors (Lipinski definition) is 1. The van der Waals surface area contributed by atoms with Gasteiger partial charge in [-0.2, -0.15) is 0 Å². The number of rotatable bonds is 5. The van der Waals surface area contributed by atoms with Crippen LogP contribution in [0.4, 0.5) is 11.5 Å². The van der Waals surface area contributed by atoms with Crippen LogP contribution in [-0.2, 0) is 0 Å². The van der Waals surface area contributed by atoms with E-state index in [2.05, 4.69) is 34.2 Å². The molecule has 178 valence electrons. The predicted octanol–water partition coefficient (Wildman–Crippen LogP) is 4.88. The normalized spacial score (nSPS) is 20.9. The third-order valence-electron chi connectivity index (χ3n) is 7.42. The maximum atomic E-state index is 13.4. The Morgan fingerprint density at radius 1 is 0.971 bits per heavy atom. The number of nitrogens with zero attached hydrogens (tertiary/aromatic N) is 3. The first kappa shape index (κ1) is 22.5. The summed E-state index contributed by atoms with van der Waals surface area (Å²) in [4.78, 5) is 23.0. The standard InChI is InChI=1S/C28H34N4O2/c1-20-7-3-5-9-25(20)30-28(33)24-19-27(29-26-10-6-4-8-23(24)26)32-17-15-31(16-18-32)21-11-13-22(34-2)14-12-21/h4,6,8,10-14,19-20,25H,3,5,7,9,15-18H2,1-2H3,(H,30,33). The SMILES string of the molecule is COc1ccc(N2CCN(c3cc(C(=O)NC4CCCCC4C)c4ccccc4n3)CC2)cc1. The second-order valence-electron chi connectivity index (χ2n) is 9.56. The van der Waals surface area contributed by atoms with Crippen molar-refractivity contribution in [1.82, 2.24) is 10.3 Å². The molecule has 3 aromatic rings. The molecule has 2 aromatic carbocycles. The largest absolute Gasteiger partial charge is 0.497 e. The minimum Gasteiger partial charge on any atom is -0.497 e. The van der Waals surface area contributed by atoms with Crippen molar-refractivity contribution in [1.29, 1.82) is 0 Å². The Bertz CT molecular complexity index is 1140. The number of amides is 1. The molecule has 1 amide bonds. The number of fused-ring (bicyclic) bond motifs is 1. The van der Waals surface area contributed by atoms with E-state index in [4.69, 9.17) is 9.72 Å². The van der Waals surface area contributed by atoms with E-state index in [0.717, 1.165) is 60.6 Å². The molecule has 0 bridgehead atoms. The van der Waals surface area contributed by atoms with E-state index in [9.17, 15) is 4.79 Å². The molecule has 0 radical (unpaired) electrons. The van der Waals surface area contributed by atoms with Gasteiger partial charge in [0.15, 0.2) is 0 Å². The topological polar surface area (TPSA) is 57.7 Å². The molecule has 6 heteroatoms. The number of benzene rings is 2. The van der Waals surface area contributed by atoms with Gasteiger partial charge in [-0.05, 0) is 55.2 Å². The quantitative estimate of drug-likeness (QED) is 0.591. The van der Waals surface area contributed by atoms with E-state index >= 15 is 0 Å². The molecule has 1 aliphatic heterocycles. The third-order valence-corrected chi connectivity index (χ3v) is 7.42. The zero-order valence-electron chi connectivity index (χ0n) is 20.2. The lowest BCUT2D eigenvalue weighted by Crippen LogP contribution is -2.47. The number of pyridine rings is 1. The smallest absolute Gasteiger partial charge is 0.252 e. The van der Waals surface area contributed by atoms with E-state index in [1.807, 2.05) is 42.5 Å². The lowest BCUT2D eigenvalue weighted by molar-refractivity contribution is 0.0912. The number of carbonyl (C=O) groups excluding carboxylic acids is 1.